The summed E-state index contributed by atoms with van der Waals surface area (Å²) >= 11 is 0. The zero-order valence-corrected chi connectivity index (χ0v) is 15.8. The van der Waals surface area contributed by atoms with Gasteiger partial charge in [-0.15, -0.1) is 0 Å². The number of piperidine rings is 1. The van der Waals surface area contributed by atoms with Crippen LogP contribution in [-0.2, 0) is 6.54 Å². The van der Waals surface area contributed by atoms with E-state index in [2.05, 4.69) is 27.3 Å². The van der Waals surface area contributed by atoms with Gasteiger partial charge in [-0.25, -0.2) is 4.79 Å². The standard InChI is InChI=1S/C22H28N4O/c27-22(26-16-8-12-21(26)20-11-4-5-13-23-20)24-19-10-3-2-9-18(19)17-25-14-6-1-7-15-25/h2-5,9-11,13,21H,1,6-8,12,14-17H2,(H,24,27)/t21-/m0/s1. The molecule has 1 N–H and O–H groups in total. The monoisotopic (exact) mass is 364 g/mol. The van der Waals surface area contributed by atoms with Crippen molar-refractivity contribution in [3.05, 3.63) is 59.9 Å². The second-order valence-electron chi connectivity index (χ2n) is 7.53. The van der Waals surface area contributed by atoms with Crippen LogP contribution >= 0.6 is 0 Å². The van der Waals surface area contributed by atoms with Crippen molar-refractivity contribution in [2.75, 3.05) is 25.0 Å². The lowest BCUT2D eigenvalue weighted by Gasteiger charge is -2.28. The highest BCUT2D eigenvalue weighted by atomic mass is 16.2. The number of nitrogens with zero attached hydrogens (tertiary/aromatic N) is 3. The number of carbonyl (C=O) groups is 1. The number of hydrogen-bond donors (Lipinski definition) is 1. The predicted molar refractivity (Wildman–Crippen MR) is 108 cm³/mol. The van der Waals surface area contributed by atoms with Gasteiger partial charge in [-0.2, -0.15) is 0 Å². The molecule has 2 aromatic rings. The van der Waals surface area contributed by atoms with Crippen LogP contribution in [0.2, 0.25) is 0 Å². The van der Waals surface area contributed by atoms with Gasteiger partial charge in [0.25, 0.3) is 0 Å². The number of benzene rings is 1. The largest absolute Gasteiger partial charge is 0.322 e. The Bertz CT molecular complexity index is 758. The van der Waals surface area contributed by atoms with E-state index in [4.69, 9.17) is 0 Å². The Morgan fingerprint density at radius 1 is 1.00 bits per heavy atom. The summed E-state index contributed by atoms with van der Waals surface area (Å²) in [5.74, 6) is 0. The van der Waals surface area contributed by atoms with Crippen molar-refractivity contribution in [1.82, 2.24) is 14.8 Å². The molecule has 1 aromatic carbocycles. The van der Waals surface area contributed by atoms with Crippen molar-refractivity contribution in [3.8, 4) is 0 Å². The van der Waals surface area contributed by atoms with Gasteiger partial charge in [0.2, 0.25) is 0 Å². The topological polar surface area (TPSA) is 48.5 Å². The van der Waals surface area contributed by atoms with Crippen molar-refractivity contribution in [3.63, 3.8) is 0 Å². The molecule has 0 unspecified atom stereocenters. The highest BCUT2D eigenvalue weighted by Crippen LogP contribution is 2.31. The number of rotatable bonds is 4. The van der Waals surface area contributed by atoms with E-state index in [1.165, 1.54) is 24.8 Å². The van der Waals surface area contributed by atoms with Gasteiger partial charge in [0.15, 0.2) is 0 Å². The molecule has 2 aliphatic heterocycles. The molecule has 27 heavy (non-hydrogen) atoms. The number of aromatic nitrogens is 1. The Labute approximate surface area is 161 Å². The number of likely N-dealkylation sites (tertiary alicyclic amines) is 2. The van der Waals surface area contributed by atoms with Crippen LogP contribution in [0.25, 0.3) is 0 Å². The molecule has 4 rings (SSSR count). The van der Waals surface area contributed by atoms with Crippen LogP contribution in [0.1, 0.15) is 49.4 Å². The average Bonchev–Trinajstić information content (AvgIpc) is 3.21. The van der Waals surface area contributed by atoms with Crippen LogP contribution in [0.3, 0.4) is 0 Å². The Morgan fingerprint density at radius 2 is 1.81 bits per heavy atom. The van der Waals surface area contributed by atoms with Gasteiger partial charge in [0.1, 0.15) is 0 Å². The van der Waals surface area contributed by atoms with Gasteiger partial charge >= 0.3 is 6.03 Å². The maximum absolute atomic E-state index is 13.0. The Balaban J connectivity index is 1.46. The molecule has 1 atom stereocenters. The summed E-state index contributed by atoms with van der Waals surface area (Å²) in [4.78, 5) is 21.9. The molecule has 0 aliphatic carbocycles. The Morgan fingerprint density at radius 3 is 2.63 bits per heavy atom. The molecule has 0 bridgehead atoms. The fourth-order valence-corrected chi connectivity index (χ4v) is 4.22. The first kappa shape index (κ1) is 18.0. The minimum atomic E-state index is -0.0192. The van der Waals surface area contributed by atoms with E-state index in [9.17, 15) is 4.79 Å². The second-order valence-corrected chi connectivity index (χ2v) is 7.53. The van der Waals surface area contributed by atoms with Crippen molar-refractivity contribution in [2.45, 2.75) is 44.7 Å². The number of para-hydroxylation sites is 1. The number of anilines is 1. The molecule has 2 amide bonds. The van der Waals surface area contributed by atoms with Crippen LogP contribution in [0.15, 0.2) is 48.7 Å². The Kier molecular flexibility index (Phi) is 5.68. The molecule has 0 spiro atoms. The van der Waals surface area contributed by atoms with E-state index in [0.29, 0.717) is 0 Å². The van der Waals surface area contributed by atoms with Gasteiger partial charge in [-0.3, -0.25) is 9.88 Å². The van der Waals surface area contributed by atoms with Gasteiger partial charge in [0, 0.05) is 25.0 Å². The summed E-state index contributed by atoms with van der Waals surface area (Å²) in [6.45, 7) is 3.98. The third-order valence-electron chi connectivity index (χ3n) is 5.64. The van der Waals surface area contributed by atoms with Crippen molar-refractivity contribution in [1.29, 1.82) is 0 Å². The van der Waals surface area contributed by atoms with Crippen molar-refractivity contribution in [2.24, 2.45) is 0 Å². The van der Waals surface area contributed by atoms with Gasteiger partial charge < -0.3 is 10.2 Å². The number of hydrogen-bond acceptors (Lipinski definition) is 3. The highest BCUT2D eigenvalue weighted by molar-refractivity contribution is 5.90. The number of urea groups is 1. The van der Waals surface area contributed by atoms with E-state index < -0.39 is 0 Å². The molecule has 3 heterocycles. The molecular weight excluding hydrogens is 336 g/mol. The first-order valence-corrected chi connectivity index (χ1v) is 10.1. The molecule has 0 radical (unpaired) electrons. The lowest BCUT2D eigenvalue weighted by atomic mass is 10.1. The fourth-order valence-electron chi connectivity index (χ4n) is 4.22. The van der Waals surface area contributed by atoms with Crippen LogP contribution in [0.5, 0.6) is 0 Å². The summed E-state index contributed by atoms with van der Waals surface area (Å²) in [6.07, 6.45) is 7.67. The first-order valence-electron chi connectivity index (χ1n) is 10.1. The highest BCUT2D eigenvalue weighted by Gasteiger charge is 2.31. The summed E-state index contributed by atoms with van der Waals surface area (Å²) in [5.41, 5.74) is 3.10. The smallest absolute Gasteiger partial charge is 0.316 e. The number of carbonyl (C=O) groups excluding carboxylic acids is 1. The SMILES string of the molecule is O=C(Nc1ccccc1CN1CCCCC1)N1CCC[C@H]1c1ccccn1. The third kappa shape index (κ3) is 4.30. The number of amides is 2. The van der Waals surface area contributed by atoms with E-state index in [-0.39, 0.29) is 12.1 Å². The van der Waals surface area contributed by atoms with E-state index >= 15 is 0 Å². The van der Waals surface area contributed by atoms with E-state index in [0.717, 1.165) is 50.4 Å². The van der Waals surface area contributed by atoms with Gasteiger partial charge in [0.05, 0.1) is 11.7 Å². The lowest BCUT2D eigenvalue weighted by molar-refractivity contribution is 0.205. The molecule has 1 aromatic heterocycles. The molecule has 2 fully saturated rings. The minimum Gasteiger partial charge on any atom is -0.316 e. The number of nitrogens with one attached hydrogen (secondary N) is 1. The Hall–Kier alpha value is -2.40. The lowest BCUT2D eigenvalue weighted by Crippen LogP contribution is -2.35. The van der Waals surface area contributed by atoms with Gasteiger partial charge in [-0.05, 0) is 62.5 Å². The van der Waals surface area contributed by atoms with Crippen LogP contribution in [0, 0.1) is 0 Å². The average molecular weight is 364 g/mol. The van der Waals surface area contributed by atoms with Gasteiger partial charge in [-0.1, -0.05) is 30.7 Å². The molecule has 142 valence electrons. The maximum atomic E-state index is 13.0. The molecule has 5 heteroatoms. The summed E-state index contributed by atoms with van der Waals surface area (Å²) in [7, 11) is 0. The van der Waals surface area contributed by atoms with Crippen molar-refractivity contribution >= 4 is 11.7 Å². The minimum absolute atomic E-state index is 0.0192. The van der Waals surface area contributed by atoms with E-state index in [1.54, 1.807) is 6.20 Å². The maximum Gasteiger partial charge on any atom is 0.322 e. The normalized spacial score (nSPS) is 20.6. The van der Waals surface area contributed by atoms with E-state index in [1.807, 2.05) is 35.2 Å². The summed E-state index contributed by atoms with van der Waals surface area (Å²) in [6, 6.07) is 14.2. The van der Waals surface area contributed by atoms with Crippen molar-refractivity contribution < 1.29 is 4.79 Å². The van der Waals surface area contributed by atoms with Crippen LogP contribution in [-0.4, -0.2) is 40.4 Å². The molecule has 5 nitrogen and oxygen atoms in total. The zero-order chi connectivity index (χ0) is 18.5. The molecule has 2 saturated heterocycles. The molecular formula is C22H28N4O. The quantitative estimate of drug-likeness (QED) is 0.873. The second kappa shape index (κ2) is 8.53. The fraction of sp³-hybridized carbons (Fsp3) is 0.455. The van der Waals surface area contributed by atoms with Crippen LogP contribution < -0.4 is 5.32 Å². The third-order valence-corrected chi connectivity index (χ3v) is 5.64. The predicted octanol–water partition coefficient (Wildman–Crippen LogP) is 4.44. The summed E-state index contributed by atoms with van der Waals surface area (Å²) in [5, 5.41) is 3.17. The summed E-state index contributed by atoms with van der Waals surface area (Å²) < 4.78 is 0. The molecule has 0 saturated carbocycles. The first-order chi connectivity index (χ1) is 13.3. The number of pyridine rings is 1. The van der Waals surface area contributed by atoms with Crippen LogP contribution in [0.4, 0.5) is 10.5 Å². The zero-order valence-electron chi connectivity index (χ0n) is 15.8. The molecule has 2 aliphatic rings.